The van der Waals surface area contributed by atoms with Gasteiger partial charge in [0, 0.05) is 25.6 Å². The van der Waals surface area contributed by atoms with Gasteiger partial charge in [-0.25, -0.2) is 4.68 Å². The monoisotopic (exact) mass is 406 g/mol. The third kappa shape index (κ3) is 4.11. The molecule has 2 aliphatic rings. The molecule has 1 saturated heterocycles. The Bertz CT molecular complexity index is 867. The molecule has 3 heterocycles. The topological polar surface area (TPSA) is 50.2 Å². The molecule has 1 amide bonds. The zero-order valence-corrected chi connectivity index (χ0v) is 16.4. The molecular weight excluding hydrogens is 381 g/mol. The van der Waals surface area contributed by atoms with Crippen LogP contribution in [0.5, 0.6) is 0 Å². The SMILES string of the molecule is Cc1ccc(C2CC(C(F)(F)F)n3nc(C(=O)N4CCCCCC4)cc3N2)cc1. The van der Waals surface area contributed by atoms with Crippen molar-refractivity contribution in [2.45, 2.75) is 57.3 Å². The van der Waals surface area contributed by atoms with Gasteiger partial charge in [0.05, 0.1) is 6.04 Å². The van der Waals surface area contributed by atoms with Crippen molar-refractivity contribution < 1.29 is 18.0 Å². The number of hydrogen-bond acceptors (Lipinski definition) is 3. The maximum absolute atomic E-state index is 13.8. The standard InChI is InChI=1S/C21H25F3N4O/c1-14-6-8-15(9-7-14)16-12-18(21(22,23)24)28-19(25-16)13-17(26-28)20(29)27-10-4-2-3-5-11-27/h6-9,13,16,18,25H,2-5,10-12H2,1H3. The van der Waals surface area contributed by atoms with Crippen molar-refractivity contribution in [3.63, 3.8) is 0 Å². The van der Waals surface area contributed by atoms with Crippen molar-refractivity contribution in [1.82, 2.24) is 14.7 Å². The van der Waals surface area contributed by atoms with E-state index in [9.17, 15) is 18.0 Å². The number of alkyl halides is 3. The molecule has 1 aromatic carbocycles. The predicted octanol–water partition coefficient (Wildman–Crippen LogP) is 4.87. The van der Waals surface area contributed by atoms with Crippen molar-refractivity contribution >= 4 is 11.7 Å². The highest BCUT2D eigenvalue weighted by Gasteiger charge is 2.47. The number of anilines is 1. The Kier molecular flexibility index (Phi) is 5.27. The normalized spacial score (nSPS) is 22.6. The van der Waals surface area contributed by atoms with Crippen LogP contribution in [0.4, 0.5) is 19.0 Å². The van der Waals surface area contributed by atoms with Crippen LogP contribution in [-0.4, -0.2) is 39.9 Å². The summed E-state index contributed by atoms with van der Waals surface area (Å²) in [7, 11) is 0. The van der Waals surface area contributed by atoms with Crippen LogP contribution in [0.15, 0.2) is 30.3 Å². The minimum absolute atomic E-state index is 0.0770. The number of carbonyl (C=O) groups excluding carboxylic acids is 1. The van der Waals surface area contributed by atoms with Gasteiger partial charge >= 0.3 is 6.18 Å². The van der Waals surface area contributed by atoms with E-state index in [2.05, 4.69) is 10.4 Å². The smallest absolute Gasteiger partial charge is 0.363 e. The second-order valence-electron chi connectivity index (χ2n) is 7.97. The van der Waals surface area contributed by atoms with Crippen LogP contribution >= 0.6 is 0 Å². The van der Waals surface area contributed by atoms with Gasteiger partial charge in [0.15, 0.2) is 11.7 Å². The lowest BCUT2D eigenvalue weighted by Gasteiger charge is -2.33. The van der Waals surface area contributed by atoms with Crippen LogP contribution in [-0.2, 0) is 0 Å². The van der Waals surface area contributed by atoms with E-state index < -0.39 is 18.3 Å². The summed E-state index contributed by atoms with van der Waals surface area (Å²) in [6, 6.07) is 6.67. The first-order valence-corrected chi connectivity index (χ1v) is 10.1. The minimum atomic E-state index is -4.45. The van der Waals surface area contributed by atoms with Gasteiger partial charge < -0.3 is 10.2 Å². The molecule has 1 fully saturated rings. The highest BCUT2D eigenvalue weighted by molar-refractivity contribution is 5.93. The summed E-state index contributed by atoms with van der Waals surface area (Å²) in [4.78, 5) is 14.6. The summed E-state index contributed by atoms with van der Waals surface area (Å²) in [6.45, 7) is 3.19. The fourth-order valence-corrected chi connectivity index (χ4v) is 4.13. The third-order valence-corrected chi connectivity index (χ3v) is 5.78. The van der Waals surface area contributed by atoms with E-state index in [1.165, 1.54) is 6.07 Å². The van der Waals surface area contributed by atoms with Crippen molar-refractivity contribution in [3.05, 3.63) is 47.2 Å². The molecule has 2 atom stereocenters. The van der Waals surface area contributed by atoms with Crippen LogP contribution < -0.4 is 5.32 Å². The number of fused-ring (bicyclic) bond motifs is 1. The molecule has 0 saturated carbocycles. The van der Waals surface area contributed by atoms with E-state index in [0.29, 0.717) is 13.1 Å². The van der Waals surface area contributed by atoms with Crippen LogP contribution in [0.25, 0.3) is 0 Å². The third-order valence-electron chi connectivity index (χ3n) is 5.78. The Morgan fingerprint density at radius 2 is 1.76 bits per heavy atom. The Labute approximate surface area is 167 Å². The molecule has 2 aliphatic heterocycles. The largest absolute Gasteiger partial charge is 0.410 e. The van der Waals surface area contributed by atoms with E-state index in [4.69, 9.17) is 0 Å². The van der Waals surface area contributed by atoms with Gasteiger partial charge in [-0.3, -0.25) is 4.79 Å². The number of halogens is 3. The lowest BCUT2D eigenvalue weighted by Crippen LogP contribution is -2.36. The van der Waals surface area contributed by atoms with E-state index >= 15 is 0 Å². The second-order valence-corrected chi connectivity index (χ2v) is 7.97. The second kappa shape index (κ2) is 7.72. The maximum Gasteiger partial charge on any atom is 0.410 e. The molecule has 5 nitrogen and oxygen atoms in total. The quantitative estimate of drug-likeness (QED) is 0.774. The molecule has 2 unspecified atom stereocenters. The molecule has 0 radical (unpaired) electrons. The van der Waals surface area contributed by atoms with Gasteiger partial charge in [-0.2, -0.15) is 18.3 Å². The lowest BCUT2D eigenvalue weighted by atomic mass is 9.96. The Morgan fingerprint density at radius 3 is 2.38 bits per heavy atom. The Morgan fingerprint density at radius 1 is 1.10 bits per heavy atom. The van der Waals surface area contributed by atoms with Gasteiger partial charge in [-0.1, -0.05) is 42.7 Å². The molecule has 2 aromatic rings. The molecule has 1 aromatic heterocycles. The molecule has 0 aliphatic carbocycles. The number of rotatable bonds is 2. The van der Waals surface area contributed by atoms with E-state index in [-0.39, 0.29) is 23.8 Å². The fourth-order valence-electron chi connectivity index (χ4n) is 4.13. The molecule has 29 heavy (non-hydrogen) atoms. The highest BCUT2D eigenvalue weighted by atomic mass is 19.4. The number of likely N-dealkylation sites (tertiary alicyclic amines) is 1. The molecule has 0 bridgehead atoms. The van der Waals surface area contributed by atoms with Gasteiger partial charge in [-0.05, 0) is 25.3 Å². The van der Waals surface area contributed by atoms with Crippen molar-refractivity contribution in [2.75, 3.05) is 18.4 Å². The molecule has 1 N–H and O–H groups in total. The van der Waals surface area contributed by atoms with E-state index in [1.54, 1.807) is 4.90 Å². The summed E-state index contributed by atoms with van der Waals surface area (Å²) in [5.41, 5.74) is 1.92. The Hall–Kier alpha value is -2.51. The molecule has 156 valence electrons. The van der Waals surface area contributed by atoms with Gasteiger partial charge in [0.1, 0.15) is 5.82 Å². The number of aryl methyl sites for hydroxylation is 1. The first-order valence-electron chi connectivity index (χ1n) is 10.1. The zero-order chi connectivity index (χ0) is 20.6. The first kappa shape index (κ1) is 19.8. The van der Waals surface area contributed by atoms with Gasteiger partial charge in [0.2, 0.25) is 0 Å². The van der Waals surface area contributed by atoms with Crippen LogP contribution in [0.1, 0.15) is 65.8 Å². The summed E-state index contributed by atoms with van der Waals surface area (Å²) in [5, 5.41) is 7.24. The number of aromatic nitrogens is 2. The minimum Gasteiger partial charge on any atom is -0.363 e. The highest BCUT2D eigenvalue weighted by Crippen LogP contribution is 2.43. The predicted molar refractivity (Wildman–Crippen MR) is 104 cm³/mol. The summed E-state index contributed by atoms with van der Waals surface area (Å²) in [5.74, 6) is -0.0502. The molecular formula is C21H25F3N4O. The lowest BCUT2D eigenvalue weighted by molar-refractivity contribution is -0.173. The van der Waals surface area contributed by atoms with E-state index in [0.717, 1.165) is 41.5 Å². The number of benzene rings is 1. The van der Waals surface area contributed by atoms with Crippen LogP contribution in [0.3, 0.4) is 0 Å². The number of nitrogens with one attached hydrogen (secondary N) is 1. The number of carbonyl (C=O) groups is 1. The fraction of sp³-hybridized carbons (Fsp3) is 0.524. The van der Waals surface area contributed by atoms with Crippen molar-refractivity contribution in [1.29, 1.82) is 0 Å². The number of amides is 1. The number of hydrogen-bond donors (Lipinski definition) is 1. The van der Waals surface area contributed by atoms with Crippen molar-refractivity contribution in [3.8, 4) is 0 Å². The Balaban J connectivity index is 1.64. The van der Waals surface area contributed by atoms with Crippen LogP contribution in [0, 0.1) is 6.92 Å². The molecule has 0 spiro atoms. The maximum atomic E-state index is 13.8. The summed E-state index contributed by atoms with van der Waals surface area (Å²) >= 11 is 0. The van der Waals surface area contributed by atoms with E-state index in [1.807, 2.05) is 31.2 Å². The molecule has 4 rings (SSSR count). The summed E-state index contributed by atoms with van der Waals surface area (Å²) in [6.07, 6.45) is -0.650. The van der Waals surface area contributed by atoms with Gasteiger partial charge in [-0.15, -0.1) is 0 Å². The summed E-state index contributed by atoms with van der Waals surface area (Å²) < 4.78 is 42.4. The average molecular weight is 406 g/mol. The average Bonchev–Trinajstić information content (AvgIpc) is 2.92. The van der Waals surface area contributed by atoms with Gasteiger partial charge in [0.25, 0.3) is 5.91 Å². The van der Waals surface area contributed by atoms with Crippen LogP contribution in [0.2, 0.25) is 0 Å². The zero-order valence-electron chi connectivity index (χ0n) is 16.4. The molecule has 8 heteroatoms. The number of nitrogens with zero attached hydrogens (tertiary/aromatic N) is 3. The van der Waals surface area contributed by atoms with Crippen molar-refractivity contribution in [2.24, 2.45) is 0 Å². The first-order chi connectivity index (χ1) is 13.8.